The van der Waals surface area contributed by atoms with Crippen molar-refractivity contribution < 1.29 is 17.7 Å². The summed E-state index contributed by atoms with van der Waals surface area (Å²) in [5.74, 6) is -0.840. The highest BCUT2D eigenvalue weighted by molar-refractivity contribution is 7.89. The second-order valence-electron chi connectivity index (χ2n) is 4.38. The molecule has 1 heterocycles. The molecule has 7 nitrogen and oxygen atoms in total. The van der Waals surface area contributed by atoms with Crippen LogP contribution in [-0.2, 0) is 10.0 Å². The van der Waals surface area contributed by atoms with Gasteiger partial charge >= 0.3 is 0 Å². The van der Waals surface area contributed by atoms with Crippen LogP contribution < -0.4 is 5.32 Å². The molecule has 1 aromatic rings. The van der Waals surface area contributed by atoms with Crippen molar-refractivity contribution in [2.45, 2.75) is 11.3 Å². The van der Waals surface area contributed by atoms with Crippen LogP contribution in [0, 0.1) is 15.9 Å². The summed E-state index contributed by atoms with van der Waals surface area (Å²) in [6, 6.07) is 2.49. The lowest BCUT2D eigenvalue weighted by Crippen LogP contribution is -2.34. The number of rotatable bonds is 3. The van der Waals surface area contributed by atoms with Crippen molar-refractivity contribution in [3.63, 3.8) is 0 Å². The second-order valence-corrected chi connectivity index (χ2v) is 6.28. The van der Waals surface area contributed by atoms with E-state index in [0.717, 1.165) is 12.1 Å². The van der Waals surface area contributed by atoms with Crippen LogP contribution >= 0.6 is 0 Å². The molecule has 0 amide bonds. The summed E-state index contributed by atoms with van der Waals surface area (Å²) in [6.45, 7) is 1.69. The first-order valence-electron chi connectivity index (χ1n) is 6.08. The number of nitrogens with one attached hydrogen (secondary N) is 1. The van der Waals surface area contributed by atoms with Gasteiger partial charge in [0.05, 0.1) is 11.0 Å². The molecule has 9 heteroatoms. The molecule has 1 aliphatic rings. The number of nitro groups is 1. The Bertz CT molecular complexity index is 612. The predicted octanol–water partition coefficient (Wildman–Crippen LogP) is 0.718. The van der Waals surface area contributed by atoms with Crippen molar-refractivity contribution in [3.05, 3.63) is 34.1 Å². The Balaban J connectivity index is 2.45. The summed E-state index contributed by atoms with van der Waals surface area (Å²) >= 11 is 0. The van der Waals surface area contributed by atoms with E-state index in [9.17, 15) is 22.9 Å². The molecule has 110 valence electrons. The third kappa shape index (κ3) is 2.94. The molecule has 0 aliphatic carbocycles. The maximum absolute atomic E-state index is 13.1. The molecular weight excluding hydrogens is 289 g/mol. The van der Waals surface area contributed by atoms with Crippen LogP contribution in [0.15, 0.2) is 23.1 Å². The molecule has 1 aliphatic heterocycles. The fraction of sp³-hybridized carbons (Fsp3) is 0.455. The average Bonchev–Trinajstić information content (AvgIpc) is 2.67. The summed E-state index contributed by atoms with van der Waals surface area (Å²) in [5, 5.41) is 14.0. The second kappa shape index (κ2) is 5.81. The van der Waals surface area contributed by atoms with E-state index in [2.05, 4.69) is 5.32 Å². The number of benzene rings is 1. The first kappa shape index (κ1) is 14.8. The number of hydrogen-bond acceptors (Lipinski definition) is 5. The molecule has 1 saturated heterocycles. The maximum atomic E-state index is 13.1. The van der Waals surface area contributed by atoms with Crippen LogP contribution in [0.4, 0.5) is 10.1 Å². The van der Waals surface area contributed by atoms with E-state index in [0.29, 0.717) is 25.6 Å². The lowest BCUT2D eigenvalue weighted by Gasteiger charge is -2.19. The Labute approximate surface area is 115 Å². The van der Waals surface area contributed by atoms with Gasteiger partial charge in [0.25, 0.3) is 5.69 Å². The number of nitro benzene ring substituents is 1. The quantitative estimate of drug-likeness (QED) is 0.656. The van der Waals surface area contributed by atoms with Crippen LogP contribution in [0.3, 0.4) is 0 Å². The fourth-order valence-electron chi connectivity index (χ4n) is 2.05. The Kier molecular flexibility index (Phi) is 4.31. The standard InChI is InChI=1S/C11H14FN3O4S/c12-9-2-3-11(10(8-9)15(16)17)20(18,19)14-6-1-4-13-5-7-14/h2-3,8,13H,1,4-7H2. The minimum atomic E-state index is -3.99. The van der Waals surface area contributed by atoms with E-state index in [1.165, 1.54) is 4.31 Å². The molecule has 2 rings (SSSR count). The largest absolute Gasteiger partial charge is 0.315 e. The lowest BCUT2D eigenvalue weighted by molar-refractivity contribution is -0.388. The molecule has 0 radical (unpaired) electrons. The highest BCUT2D eigenvalue weighted by atomic mass is 32.2. The molecule has 1 N–H and O–H groups in total. The van der Waals surface area contributed by atoms with E-state index >= 15 is 0 Å². The Morgan fingerprint density at radius 1 is 1.30 bits per heavy atom. The SMILES string of the molecule is O=[N+]([O-])c1cc(F)ccc1S(=O)(=O)N1CCCNCC1. The Morgan fingerprint density at radius 2 is 2.05 bits per heavy atom. The van der Waals surface area contributed by atoms with Gasteiger partial charge in [0.1, 0.15) is 5.82 Å². The van der Waals surface area contributed by atoms with Crippen LogP contribution in [0.1, 0.15) is 6.42 Å². The zero-order valence-electron chi connectivity index (χ0n) is 10.6. The molecule has 0 saturated carbocycles. The van der Waals surface area contributed by atoms with Crippen molar-refractivity contribution in [2.24, 2.45) is 0 Å². The third-order valence-electron chi connectivity index (χ3n) is 3.03. The molecule has 1 fully saturated rings. The van der Waals surface area contributed by atoms with Gasteiger partial charge in [-0.2, -0.15) is 4.31 Å². The van der Waals surface area contributed by atoms with Crippen LogP contribution in [0.5, 0.6) is 0 Å². The number of nitrogens with zero attached hydrogens (tertiary/aromatic N) is 2. The van der Waals surface area contributed by atoms with Gasteiger partial charge in [-0.25, -0.2) is 12.8 Å². The van der Waals surface area contributed by atoms with E-state index in [4.69, 9.17) is 0 Å². The highest BCUT2D eigenvalue weighted by Gasteiger charge is 2.32. The summed E-state index contributed by atoms with van der Waals surface area (Å²) in [7, 11) is -3.99. The van der Waals surface area contributed by atoms with Gasteiger partial charge in [0.2, 0.25) is 10.0 Å². The maximum Gasteiger partial charge on any atom is 0.292 e. The summed E-state index contributed by atoms with van der Waals surface area (Å²) in [6.07, 6.45) is 0.619. The van der Waals surface area contributed by atoms with Crippen molar-refractivity contribution in [1.29, 1.82) is 0 Å². The minimum absolute atomic E-state index is 0.233. The molecule has 0 bridgehead atoms. The number of hydrogen-bond donors (Lipinski definition) is 1. The van der Waals surface area contributed by atoms with Crippen molar-refractivity contribution in [1.82, 2.24) is 9.62 Å². The lowest BCUT2D eigenvalue weighted by atomic mass is 10.3. The third-order valence-corrected chi connectivity index (χ3v) is 4.98. The van der Waals surface area contributed by atoms with Gasteiger partial charge in [-0.05, 0) is 25.1 Å². The molecule has 0 unspecified atom stereocenters. The van der Waals surface area contributed by atoms with Gasteiger partial charge in [-0.1, -0.05) is 0 Å². The zero-order valence-corrected chi connectivity index (χ0v) is 11.4. The van der Waals surface area contributed by atoms with Gasteiger partial charge in [0, 0.05) is 19.6 Å². The molecule has 20 heavy (non-hydrogen) atoms. The van der Waals surface area contributed by atoms with E-state index < -0.39 is 31.3 Å². The van der Waals surface area contributed by atoms with Crippen molar-refractivity contribution in [2.75, 3.05) is 26.2 Å². The normalized spacial score (nSPS) is 17.6. The summed E-state index contributed by atoms with van der Waals surface area (Å²) in [5.41, 5.74) is -0.734. The van der Waals surface area contributed by atoms with Gasteiger partial charge in [-0.15, -0.1) is 0 Å². The molecule has 0 spiro atoms. The van der Waals surface area contributed by atoms with Crippen molar-refractivity contribution in [3.8, 4) is 0 Å². The van der Waals surface area contributed by atoms with Gasteiger partial charge < -0.3 is 5.32 Å². The zero-order chi connectivity index (χ0) is 14.8. The van der Waals surface area contributed by atoms with E-state index in [1.54, 1.807) is 0 Å². The molecule has 1 aromatic carbocycles. The first-order valence-corrected chi connectivity index (χ1v) is 7.52. The predicted molar refractivity (Wildman–Crippen MR) is 69.3 cm³/mol. The van der Waals surface area contributed by atoms with Crippen LogP contribution in [-0.4, -0.2) is 43.8 Å². The minimum Gasteiger partial charge on any atom is -0.315 e. The van der Waals surface area contributed by atoms with Gasteiger partial charge in [0.15, 0.2) is 4.90 Å². The smallest absolute Gasteiger partial charge is 0.292 e. The highest BCUT2D eigenvalue weighted by Crippen LogP contribution is 2.27. The molecular formula is C11H14FN3O4S. The monoisotopic (exact) mass is 303 g/mol. The van der Waals surface area contributed by atoms with Crippen LogP contribution in [0.2, 0.25) is 0 Å². The fourth-order valence-corrected chi connectivity index (χ4v) is 3.67. The summed E-state index contributed by atoms with van der Waals surface area (Å²) in [4.78, 5) is 9.57. The Morgan fingerprint density at radius 3 is 2.75 bits per heavy atom. The summed E-state index contributed by atoms with van der Waals surface area (Å²) < 4.78 is 39.2. The number of sulfonamides is 1. The van der Waals surface area contributed by atoms with Crippen molar-refractivity contribution >= 4 is 15.7 Å². The van der Waals surface area contributed by atoms with E-state index in [-0.39, 0.29) is 13.1 Å². The topological polar surface area (TPSA) is 92.5 Å². The van der Waals surface area contributed by atoms with Gasteiger partial charge in [-0.3, -0.25) is 10.1 Å². The first-order chi connectivity index (χ1) is 9.43. The van der Waals surface area contributed by atoms with E-state index in [1.807, 2.05) is 0 Å². The Hall–Kier alpha value is -1.58. The van der Waals surface area contributed by atoms with Crippen LogP contribution in [0.25, 0.3) is 0 Å². The molecule has 0 aromatic heterocycles. The molecule has 0 atom stereocenters. The average molecular weight is 303 g/mol. The number of halogens is 1.